The summed E-state index contributed by atoms with van der Waals surface area (Å²) in [5.41, 5.74) is 2.20. The molecule has 1 saturated heterocycles. The second-order valence-electron chi connectivity index (χ2n) is 8.45. The highest BCUT2D eigenvalue weighted by Gasteiger charge is 2.27. The van der Waals surface area contributed by atoms with E-state index in [9.17, 15) is 14.9 Å². The minimum absolute atomic E-state index is 0.117. The molecule has 11 heteroatoms. The minimum Gasteiger partial charge on any atom is -0.495 e. The van der Waals surface area contributed by atoms with Gasteiger partial charge in [-0.15, -0.1) is 0 Å². The zero-order chi connectivity index (χ0) is 24.9. The number of aromatic nitrogens is 2. The third-order valence-electron chi connectivity index (χ3n) is 6.20. The second-order valence-corrected chi connectivity index (χ2v) is 8.45. The van der Waals surface area contributed by atoms with Gasteiger partial charge in [0.05, 0.1) is 30.3 Å². The summed E-state index contributed by atoms with van der Waals surface area (Å²) in [5, 5.41) is 18.0. The van der Waals surface area contributed by atoms with E-state index < -0.39 is 11.0 Å². The molecular weight excluding hydrogens is 452 g/mol. The number of ether oxygens (including phenoxy) is 1. The summed E-state index contributed by atoms with van der Waals surface area (Å²) in [6.07, 6.45) is 0. The van der Waals surface area contributed by atoms with Crippen molar-refractivity contribution >= 4 is 17.3 Å². The molecule has 0 bridgehead atoms. The molecule has 11 nitrogen and oxygen atoms in total. The Hall–Kier alpha value is -3.83. The Morgan fingerprint density at radius 3 is 2.66 bits per heavy atom. The van der Waals surface area contributed by atoms with Crippen LogP contribution in [0.15, 0.2) is 47.0 Å². The van der Waals surface area contributed by atoms with Gasteiger partial charge in [0.15, 0.2) is 0 Å². The third-order valence-corrected chi connectivity index (χ3v) is 6.20. The number of carbonyl (C=O) groups excluding carboxylic acids is 1. The fraction of sp³-hybridized carbons (Fsp3) is 0.375. The first-order chi connectivity index (χ1) is 16.9. The van der Waals surface area contributed by atoms with Gasteiger partial charge in [-0.05, 0) is 25.5 Å². The number of rotatable bonds is 8. The molecule has 3 aromatic rings. The zero-order valence-electron chi connectivity index (χ0n) is 19.9. The Balaban J connectivity index is 1.32. The minimum atomic E-state index is -0.509. The van der Waals surface area contributed by atoms with Gasteiger partial charge in [0, 0.05) is 43.9 Å². The smallest absolute Gasteiger partial charge is 0.271 e. The van der Waals surface area contributed by atoms with E-state index in [1.807, 2.05) is 38.1 Å². The van der Waals surface area contributed by atoms with Gasteiger partial charge in [-0.1, -0.05) is 29.4 Å². The van der Waals surface area contributed by atoms with Crippen molar-refractivity contribution in [1.82, 2.24) is 19.9 Å². The van der Waals surface area contributed by atoms with Gasteiger partial charge in [-0.3, -0.25) is 24.7 Å². The Morgan fingerprint density at radius 2 is 1.97 bits per heavy atom. The molecule has 1 unspecified atom stereocenters. The second kappa shape index (κ2) is 10.6. The number of piperazine rings is 1. The molecule has 184 valence electrons. The predicted molar refractivity (Wildman–Crippen MR) is 129 cm³/mol. The summed E-state index contributed by atoms with van der Waals surface area (Å²) in [5.74, 6) is 1.25. The summed E-state index contributed by atoms with van der Waals surface area (Å²) in [6, 6.07) is 11.6. The van der Waals surface area contributed by atoms with Crippen LogP contribution in [0.1, 0.15) is 18.4 Å². The van der Waals surface area contributed by atoms with Crippen LogP contribution in [0.2, 0.25) is 0 Å². The van der Waals surface area contributed by atoms with Gasteiger partial charge in [-0.25, -0.2) is 0 Å². The van der Waals surface area contributed by atoms with Crippen molar-refractivity contribution in [3.63, 3.8) is 0 Å². The van der Waals surface area contributed by atoms with E-state index >= 15 is 0 Å². The van der Waals surface area contributed by atoms with Crippen molar-refractivity contribution in [2.45, 2.75) is 26.4 Å². The molecule has 2 heterocycles. The van der Waals surface area contributed by atoms with Crippen LogP contribution in [0.3, 0.4) is 0 Å². The number of carbonyl (C=O) groups is 1. The van der Waals surface area contributed by atoms with Gasteiger partial charge in [0.1, 0.15) is 5.75 Å². The van der Waals surface area contributed by atoms with Crippen LogP contribution in [0, 0.1) is 17.0 Å². The third kappa shape index (κ3) is 5.64. The first kappa shape index (κ1) is 24.3. The lowest BCUT2D eigenvalue weighted by molar-refractivity contribution is -0.384. The van der Waals surface area contributed by atoms with E-state index in [1.54, 1.807) is 0 Å². The van der Waals surface area contributed by atoms with E-state index in [1.165, 1.54) is 25.3 Å². The van der Waals surface area contributed by atoms with E-state index in [4.69, 9.17) is 9.26 Å². The number of nitro benzene ring substituents is 1. The lowest BCUT2D eigenvalue weighted by Gasteiger charge is -2.36. The number of aryl methyl sites for hydroxylation is 1. The maximum Gasteiger partial charge on any atom is 0.271 e. The molecule has 1 fully saturated rings. The van der Waals surface area contributed by atoms with Crippen LogP contribution in [-0.4, -0.2) is 70.1 Å². The van der Waals surface area contributed by atoms with Crippen molar-refractivity contribution < 1.29 is 19.0 Å². The lowest BCUT2D eigenvalue weighted by Crippen LogP contribution is -2.52. The van der Waals surface area contributed by atoms with Crippen LogP contribution in [0.4, 0.5) is 11.4 Å². The standard InChI is InChI=1S/C24H28N6O5/c1-16-6-4-5-7-19(16)23-26-22(35-27-23)15-28-10-12-29(13-11-28)17(2)24(31)25-20-14-18(30(32)33)8-9-21(20)34-3/h4-9,14,17H,10-13,15H2,1-3H3,(H,25,31). The molecule has 35 heavy (non-hydrogen) atoms. The quantitative estimate of drug-likeness (QED) is 0.382. The molecule has 4 rings (SSSR count). The molecule has 1 N–H and O–H groups in total. The topological polar surface area (TPSA) is 127 Å². The van der Waals surface area contributed by atoms with Crippen LogP contribution in [0.25, 0.3) is 11.4 Å². The van der Waals surface area contributed by atoms with Crippen molar-refractivity contribution in [1.29, 1.82) is 0 Å². The Labute approximate surface area is 202 Å². The summed E-state index contributed by atoms with van der Waals surface area (Å²) in [4.78, 5) is 32.3. The van der Waals surface area contributed by atoms with Crippen molar-refractivity contribution in [2.75, 3.05) is 38.6 Å². The van der Waals surface area contributed by atoms with Crippen LogP contribution < -0.4 is 10.1 Å². The molecule has 1 amide bonds. The van der Waals surface area contributed by atoms with Crippen LogP contribution in [-0.2, 0) is 11.3 Å². The number of nitrogens with zero attached hydrogens (tertiary/aromatic N) is 5. The monoisotopic (exact) mass is 480 g/mol. The van der Waals surface area contributed by atoms with Crippen molar-refractivity contribution in [2.24, 2.45) is 0 Å². The Bertz CT molecular complexity index is 1200. The maximum atomic E-state index is 12.9. The molecule has 0 aliphatic carbocycles. The summed E-state index contributed by atoms with van der Waals surface area (Å²) in [7, 11) is 1.45. The summed E-state index contributed by atoms with van der Waals surface area (Å²) >= 11 is 0. The van der Waals surface area contributed by atoms with E-state index in [2.05, 4.69) is 25.3 Å². The Kier molecular flexibility index (Phi) is 7.37. The van der Waals surface area contributed by atoms with Crippen LogP contribution >= 0.6 is 0 Å². The average molecular weight is 481 g/mol. The molecule has 1 aromatic heterocycles. The first-order valence-corrected chi connectivity index (χ1v) is 11.3. The highest BCUT2D eigenvalue weighted by Crippen LogP contribution is 2.29. The zero-order valence-corrected chi connectivity index (χ0v) is 19.9. The molecule has 0 spiro atoms. The van der Waals surface area contributed by atoms with Crippen LogP contribution in [0.5, 0.6) is 5.75 Å². The molecule has 0 saturated carbocycles. The lowest BCUT2D eigenvalue weighted by atomic mass is 10.1. The highest BCUT2D eigenvalue weighted by atomic mass is 16.6. The SMILES string of the molecule is COc1ccc([N+](=O)[O-])cc1NC(=O)C(C)N1CCN(Cc2nc(-c3ccccc3C)no2)CC1. The number of nitro groups is 1. The van der Waals surface area contributed by atoms with Gasteiger partial charge in [-0.2, -0.15) is 4.98 Å². The summed E-state index contributed by atoms with van der Waals surface area (Å²) in [6.45, 7) is 7.20. The fourth-order valence-corrected chi connectivity index (χ4v) is 4.06. The van der Waals surface area contributed by atoms with E-state index in [-0.39, 0.29) is 17.3 Å². The fourth-order valence-electron chi connectivity index (χ4n) is 4.06. The van der Waals surface area contributed by atoms with Gasteiger partial charge >= 0.3 is 0 Å². The number of anilines is 1. The summed E-state index contributed by atoms with van der Waals surface area (Å²) < 4.78 is 10.7. The number of hydrogen-bond donors (Lipinski definition) is 1. The van der Waals surface area contributed by atoms with E-state index in [0.717, 1.165) is 24.2 Å². The average Bonchev–Trinajstić information content (AvgIpc) is 3.32. The largest absolute Gasteiger partial charge is 0.495 e. The molecular formula is C24H28N6O5. The first-order valence-electron chi connectivity index (χ1n) is 11.3. The van der Waals surface area contributed by atoms with Gasteiger partial charge < -0.3 is 14.6 Å². The van der Waals surface area contributed by atoms with Gasteiger partial charge in [0.2, 0.25) is 17.6 Å². The number of methoxy groups -OCH3 is 1. The highest BCUT2D eigenvalue weighted by molar-refractivity contribution is 5.96. The number of amides is 1. The molecule has 1 atom stereocenters. The number of non-ortho nitro benzene ring substituents is 1. The molecule has 1 aliphatic heterocycles. The number of benzene rings is 2. The normalized spacial score (nSPS) is 15.5. The predicted octanol–water partition coefficient (Wildman–Crippen LogP) is 3.11. The molecule has 0 radical (unpaired) electrons. The molecule has 1 aliphatic rings. The molecule has 2 aromatic carbocycles. The van der Waals surface area contributed by atoms with E-state index in [0.29, 0.717) is 37.1 Å². The maximum absolute atomic E-state index is 12.9. The Morgan fingerprint density at radius 1 is 1.23 bits per heavy atom. The number of hydrogen-bond acceptors (Lipinski definition) is 9. The van der Waals surface area contributed by atoms with Crippen molar-refractivity contribution in [3.05, 3.63) is 64.0 Å². The van der Waals surface area contributed by atoms with Crippen molar-refractivity contribution in [3.8, 4) is 17.1 Å². The van der Waals surface area contributed by atoms with Gasteiger partial charge in [0.25, 0.3) is 5.69 Å². The number of nitrogens with one attached hydrogen (secondary N) is 1.